The van der Waals surface area contributed by atoms with E-state index in [1.54, 1.807) is 0 Å². The molecule has 1 atom stereocenters. The minimum Gasteiger partial charge on any atom is -0.314 e. The first-order chi connectivity index (χ1) is 10.2. The van der Waals surface area contributed by atoms with Gasteiger partial charge in [0.2, 0.25) is 10.0 Å². The molecule has 0 unspecified atom stereocenters. The first kappa shape index (κ1) is 17.5. The Balaban J connectivity index is 2.08. The zero-order valence-corrected chi connectivity index (χ0v) is 13.2. The van der Waals surface area contributed by atoms with Gasteiger partial charge in [-0.1, -0.05) is 11.6 Å². The maximum atomic E-state index is 12.8. The predicted molar refractivity (Wildman–Crippen MR) is 77.3 cm³/mol. The van der Waals surface area contributed by atoms with E-state index in [4.69, 9.17) is 11.6 Å². The summed E-state index contributed by atoms with van der Waals surface area (Å²) < 4.78 is 64.7. The molecule has 124 valence electrons. The molecule has 1 aliphatic heterocycles. The molecule has 0 radical (unpaired) electrons. The van der Waals surface area contributed by atoms with E-state index in [1.165, 1.54) is 0 Å². The largest absolute Gasteiger partial charge is 0.417 e. The van der Waals surface area contributed by atoms with Crippen molar-refractivity contribution in [1.82, 2.24) is 10.0 Å². The van der Waals surface area contributed by atoms with Crippen molar-refractivity contribution in [3.63, 3.8) is 0 Å². The van der Waals surface area contributed by atoms with E-state index < -0.39 is 31.7 Å². The number of rotatable bonds is 5. The molecule has 9 heteroatoms. The van der Waals surface area contributed by atoms with E-state index >= 15 is 0 Å². The average molecular weight is 357 g/mol. The molecular weight excluding hydrogens is 341 g/mol. The predicted octanol–water partition coefficient (Wildman–Crippen LogP) is 2.78. The van der Waals surface area contributed by atoms with Crippen LogP contribution in [0, 0.1) is 0 Å². The van der Waals surface area contributed by atoms with E-state index in [0.29, 0.717) is 12.5 Å². The standard InChI is InChI=1S/C13H16ClF3N2O2S/c14-12-4-3-10(8-11(12)13(15,16)17)22(20,21)19-7-5-9-2-1-6-18-9/h3-4,8-9,18-19H,1-2,5-7H2/t9-/m1/s1. The van der Waals surface area contributed by atoms with Crippen molar-refractivity contribution in [3.8, 4) is 0 Å². The van der Waals surface area contributed by atoms with Crippen molar-refractivity contribution >= 4 is 21.6 Å². The Labute approximate surface area is 132 Å². The lowest BCUT2D eigenvalue weighted by Crippen LogP contribution is -2.30. The lowest BCUT2D eigenvalue weighted by atomic mass is 10.2. The molecular formula is C13H16ClF3N2O2S. The van der Waals surface area contributed by atoms with E-state index in [9.17, 15) is 21.6 Å². The van der Waals surface area contributed by atoms with Gasteiger partial charge in [0.1, 0.15) is 0 Å². The minimum atomic E-state index is -4.70. The summed E-state index contributed by atoms with van der Waals surface area (Å²) in [5.74, 6) is 0. The van der Waals surface area contributed by atoms with Gasteiger partial charge in [0.05, 0.1) is 15.5 Å². The van der Waals surface area contributed by atoms with Crippen LogP contribution in [0.5, 0.6) is 0 Å². The Hall–Kier alpha value is -0.830. The Morgan fingerprint density at radius 1 is 1.36 bits per heavy atom. The van der Waals surface area contributed by atoms with E-state index in [2.05, 4.69) is 10.0 Å². The van der Waals surface area contributed by atoms with Crippen LogP contribution in [0.2, 0.25) is 5.02 Å². The Kier molecular flexibility index (Phi) is 5.37. The molecule has 0 bridgehead atoms. The third-order valence-corrected chi connectivity index (χ3v) is 5.29. The van der Waals surface area contributed by atoms with Crippen LogP contribution in [0.4, 0.5) is 13.2 Å². The molecule has 1 saturated heterocycles. The van der Waals surface area contributed by atoms with Gasteiger partial charge in [-0.2, -0.15) is 13.2 Å². The second-order valence-corrected chi connectivity index (χ2v) is 7.29. The van der Waals surface area contributed by atoms with Crippen LogP contribution in [0.3, 0.4) is 0 Å². The Morgan fingerprint density at radius 2 is 2.09 bits per heavy atom. The van der Waals surface area contributed by atoms with Gasteiger partial charge in [0.25, 0.3) is 0 Å². The fourth-order valence-electron chi connectivity index (χ4n) is 2.34. The molecule has 4 nitrogen and oxygen atoms in total. The highest BCUT2D eigenvalue weighted by atomic mass is 35.5. The Bertz CT molecular complexity index is 629. The smallest absolute Gasteiger partial charge is 0.314 e. The summed E-state index contributed by atoms with van der Waals surface area (Å²) in [4.78, 5) is -0.441. The average Bonchev–Trinajstić information content (AvgIpc) is 2.90. The first-order valence-corrected chi connectivity index (χ1v) is 8.66. The van der Waals surface area contributed by atoms with Gasteiger partial charge >= 0.3 is 6.18 Å². The molecule has 1 aliphatic rings. The third kappa shape index (κ3) is 4.34. The zero-order valence-electron chi connectivity index (χ0n) is 11.6. The van der Waals surface area contributed by atoms with Gasteiger partial charge in [-0.05, 0) is 44.0 Å². The summed E-state index contributed by atoms with van der Waals surface area (Å²) in [7, 11) is -3.99. The van der Waals surface area contributed by atoms with Crippen LogP contribution >= 0.6 is 11.6 Å². The van der Waals surface area contributed by atoms with Crippen molar-refractivity contribution in [3.05, 3.63) is 28.8 Å². The number of alkyl halides is 3. The van der Waals surface area contributed by atoms with Gasteiger partial charge in [0.15, 0.2) is 0 Å². The van der Waals surface area contributed by atoms with Gasteiger partial charge in [0, 0.05) is 12.6 Å². The lowest BCUT2D eigenvalue weighted by molar-refractivity contribution is -0.137. The minimum absolute atomic E-state index is 0.171. The summed E-state index contributed by atoms with van der Waals surface area (Å²) in [6, 6.07) is 2.81. The van der Waals surface area contributed by atoms with Gasteiger partial charge in [-0.3, -0.25) is 0 Å². The van der Waals surface area contributed by atoms with E-state index in [-0.39, 0.29) is 12.6 Å². The zero-order chi connectivity index (χ0) is 16.4. The number of hydrogen-bond acceptors (Lipinski definition) is 3. The maximum absolute atomic E-state index is 12.8. The fourth-order valence-corrected chi connectivity index (χ4v) is 3.64. The monoisotopic (exact) mass is 356 g/mol. The summed E-state index contributed by atoms with van der Waals surface area (Å²) >= 11 is 5.48. The van der Waals surface area contributed by atoms with Gasteiger partial charge in [-0.15, -0.1) is 0 Å². The number of nitrogens with one attached hydrogen (secondary N) is 2. The lowest BCUT2D eigenvalue weighted by Gasteiger charge is -2.13. The molecule has 22 heavy (non-hydrogen) atoms. The van der Waals surface area contributed by atoms with Gasteiger partial charge in [-0.25, -0.2) is 13.1 Å². The summed E-state index contributed by atoms with van der Waals surface area (Å²) in [5, 5.41) is 2.69. The Morgan fingerprint density at radius 3 is 2.68 bits per heavy atom. The number of hydrogen-bond donors (Lipinski definition) is 2. The van der Waals surface area contributed by atoms with Crippen LogP contribution in [-0.2, 0) is 16.2 Å². The number of halogens is 4. The first-order valence-electron chi connectivity index (χ1n) is 6.80. The summed E-state index contributed by atoms with van der Waals surface area (Å²) in [6.07, 6.45) is -2.08. The van der Waals surface area contributed by atoms with Crippen molar-refractivity contribution in [1.29, 1.82) is 0 Å². The van der Waals surface area contributed by atoms with Crippen molar-refractivity contribution < 1.29 is 21.6 Å². The van der Waals surface area contributed by atoms with Crippen LogP contribution in [0.25, 0.3) is 0 Å². The van der Waals surface area contributed by atoms with Crippen molar-refractivity contribution in [2.24, 2.45) is 0 Å². The van der Waals surface area contributed by atoms with Gasteiger partial charge < -0.3 is 5.32 Å². The molecule has 1 fully saturated rings. The van der Waals surface area contributed by atoms with Crippen LogP contribution in [0.15, 0.2) is 23.1 Å². The molecule has 0 amide bonds. The van der Waals surface area contributed by atoms with Crippen molar-refractivity contribution in [2.45, 2.75) is 36.4 Å². The normalized spacial score (nSPS) is 19.5. The highest BCUT2D eigenvalue weighted by molar-refractivity contribution is 7.89. The molecule has 2 N–H and O–H groups in total. The van der Waals surface area contributed by atoms with Crippen LogP contribution < -0.4 is 10.0 Å². The molecule has 1 heterocycles. The third-order valence-electron chi connectivity index (χ3n) is 3.50. The second kappa shape index (κ2) is 6.74. The molecule has 0 saturated carbocycles. The quantitative estimate of drug-likeness (QED) is 0.853. The van der Waals surface area contributed by atoms with Crippen molar-refractivity contribution in [2.75, 3.05) is 13.1 Å². The molecule has 1 aromatic rings. The number of benzene rings is 1. The highest BCUT2D eigenvalue weighted by Crippen LogP contribution is 2.35. The molecule has 2 rings (SSSR count). The van der Waals surface area contributed by atoms with E-state index in [1.807, 2.05) is 0 Å². The summed E-state index contributed by atoms with van der Waals surface area (Å²) in [6.45, 7) is 1.08. The number of sulfonamides is 1. The molecule has 1 aromatic carbocycles. The van der Waals surface area contributed by atoms with Crippen LogP contribution in [0.1, 0.15) is 24.8 Å². The van der Waals surface area contributed by atoms with Crippen LogP contribution in [-0.4, -0.2) is 27.5 Å². The topological polar surface area (TPSA) is 58.2 Å². The molecule has 0 aromatic heterocycles. The summed E-state index contributed by atoms with van der Waals surface area (Å²) in [5.41, 5.74) is -1.16. The molecule has 0 aliphatic carbocycles. The fraction of sp³-hybridized carbons (Fsp3) is 0.538. The molecule has 0 spiro atoms. The van der Waals surface area contributed by atoms with E-state index in [0.717, 1.165) is 31.5 Å². The second-order valence-electron chi connectivity index (χ2n) is 5.12. The maximum Gasteiger partial charge on any atom is 0.417 e. The highest BCUT2D eigenvalue weighted by Gasteiger charge is 2.34. The SMILES string of the molecule is O=S(=O)(NCC[C@H]1CCCN1)c1ccc(Cl)c(C(F)(F)F)c1.